The van der Waals surface area contributed by atoms with Crippen molar-refractivity contribution in [1.29, 1.82) is 0 Å². The molecule has 0 heterocycles. The Morgan fingerprint density at radius 1 is 1.36 bits per heavy atom. The van der Waals surface area contributed by atoms with Crippen molar-refractivity contribution in [3.8, 4) is 0 Å². The maximum atomic E-state index is 11.6. The van der Waals surface area contributed by atoms with Crippen LogP contribution in [-0.4, -0.2) is 18.0 Å². The van der Waals surface area contributed by atoms with Crippen LogP contribution in [0.3, 0.4) is 0 Å². The first-order chi connectivity index (χ1) is 6.60. The summed E-state index contributed by atoms with van der Waals surface area (Å²) in [6.07, 6.45) is 6.73. The Balaban J connectivity index is 1.74. The van der Waals surface area contributed by atoms with E-state index in [2.05, 4.69) is 12.2 Å². The van der Waals surface area contributed by atoms with Crippen molar-refractivity contribution >= 4 is 5.91 Å². The lowest BCUT2D eigenvalue weighted by Gasteiger charge is -2.16. The fraction of sp³-hybridized carbons (Fsp3) is 0.909. The molecular formula is C11H20N2O. The molecule has 3 heteroatoms. The molecule has 1 amide bonds. The number of nitrogens with one attached hydrogen (secondary N) is 1. The van der Waals surface area contributed by atoms with Gasteiger partial charge in [0.05, 0.1) is 5.54 Å². The minimum atomic E-state index is -0.498. The maximum absolute atomic E-state index is 11.6. The average molecular weight is 196 g/mol. The first-order valence-electron chi connectivity index (χ1n) is 5.67. The summed E-state index contributed by atoms with van der Waals surface area (Å²) in [5, 5.41) is 3.01. The van der Waals surface area contributed by atoms with E-state index < -0.39 is 5.54 Å². The third kappa shape index (κ3) is 1.92. The molecule has 0 aliphatic heterocycles. The number of carbonyl (C=O) groups excluding carboxylic acids is 1. The molecule has 0 aromatic carbocycles. The minimum absolute atomic E-state index is 0.0693. The fourth-order valence-corrected chi connectivity index (χ4v) is 2.03. The molecule has 2 aliphatic rings. The summed E-state index contributed by atoms with van der Waals surface area (Å²) >= 11 is 0. The zero-order valence-electron chi connectivity index (χ0n) is 8.94. The Morgan fingerprint density at radius 2 is 2.00 bits per heavy atom. The lowest BCUT2D eigenvalue weighted by atomic mass is 10.0. The molecule has 0 aromatic heterocycles. The van der Waals surface area contributed by atoms with Crippen LogP contribution in [0.5, 0.6) is 0 Å². The molecule has 2 fully saturated rings. The normalized spacial score (nSPS) is 25.6. The van der Waals surface area contributed by atoms with E-state index in [-0.39, 0.29) is 5.91 Å². The number of rotatable bonds is 5. The van der Waals surface area contributed by atoms with Gasteiger partial charge in [0, 0.05) is 6.54 Å². The molecule has 0 bridgehead atoms. The van der Waals surface area contributed by atoms with Gasteiger partial charge in [0.2, 0.25) is 5.91 Å². The van der Waals surface area contributed by atoms with Crippen molar-refractivity contribution in [2.24, 2.45) is 11.1 Å². The molecular weight excluding hydrogens is 176 g/mol. The van der Waals surface area contributed by atoms with E-state index >= 15 is 0 Å². The predicted molar refractivity (Wildman–Crippen MR) is 55.7 cm³/mol. The van der Waals surface area contributed by atoms with Gasteiger partial charge in [-0.1, -0.05) is 13.3 Å². The first kappa shape index (κ1) is 9.97. The molecule has 0 spiro atoms. The van der Waals surface area contributed by atoms with Crippen LogP contribution < -0.4 is 11.1 Å². The summed E-state index contributed by atoms with van der Waals surface area (Å²) in [6, 6.07) is 0. The lowest BCUT2D eigenvalue weighted by Crippen LogP contribution is -2.44. The second kappa shape index (κ2) is 3.23. The summed E-state index contributed by atoms with van der Waals surface area (Å²) < 4.78 is 0. The topological polar surface area (TPSA) is 55.1 Å². The van der Waals surface area contributed by atoms with Crippen molar-refractivity contribution in [2.45, 2.75) is 51.0 Å². The SMILES string of the molecule is CCCC1(CNC(=O)C2(N)CC2)CC1. The molecule has 80 valence electrons. The van der Waals surface area contributed by atoms with Crippen LogP contribution in [0.1, 0.15) is 45.4 Å². The van der Waals surface area contributed by atoms with Gasteiger partial charge >= 0.3 is 0 Å². The van der Waals surface area contributed by atoms with Crippen LogP contribution in [0, 0.1) is 5.41 Å². The molecule has 0 atom stereocenters. The quantitative estimate of drug-likeness (QED) is 0.693. The third-order valence-corrected chi connectivity index (χ3v) is 3.60. The molecule has 3 nitrogen and oxygen atoms in total. The van der Waals surface area contributed by atoms with Gasteiger partial charge in [-0.2, -0.15) is 0 Å². The van der Waals surface area contributed by atoms with E-state index in [1.165, 1.54) is 25.7 Å². The van der Waals surface area contributed by atoms with Crippen LogP contribution in [0.25, 0.3) is 0 Å². The highest BCUT2D eigenvalue weighted by Gasteiger charge is 2.48. The van der Waals surface area contributed by atoms with Gasteiger partial charge in [-0.15, -0.1) is 0 Å². The number of hydrogen-bond donors (Lipinski definition) is 2. The highest BCUT2D eigenvalue weighted by atomic mass is 16.2. The summed E-state index contributed by atoms with van der Waals surface area (Å²) in [6.45, 7) is 3.05. The van der Waals surface area contributed by atoms with Crippen LogP contribution in [0.15, 0.2) is 0 Å². The van der Waals surface area contributed by atoms with Crippen LogP contribution in [0.4, 0.5) is 0 Å². The van der Waals surface area contributed by atoms with Gasteiger partial charge in [0.15, 0.2) is 0 Å². The highest BCUT2D eigenvalue weighted by molar-refractivity contribution is 5.89. The Bertz CT molecular complexity index is 242. The standard InChI is InChI=1S/C11H20N2O/c1-2-3-10(4-5-10)8-13-9(14)11(12)6-7-11/h2-8,12H2,1H3,(H,13,14). The van der Waals surface area contributed by atoms with Crippen LogP contribution in [-0.2, 0) is 4.79 Å². The first-order valence-corrected chi connectivity index (χ1v) is 5.67. The molecule has 0 unspecified atom stereocenters. The molecule has 0 saturated heterocycles. The van der Waals surface area contributed by atoms with E-state index in [0.29, 0.717) is 5.41 Å². The summed E-state index contributed by atoms with van der Waals surface area (Å²) in [4.78, 5) is 11.6. The van der Waals surface area contributed by atoms with Crippen molar-refractivity contribution in [3.05, 3.63) is 0 Å². The fourth-order valence-electron chi connectivity index (χ4n) is 2.03. The summed E-state index contributed by atoms with van der Waals surface area (Å²) in [5.41, 5.74) is 5.74. The molecule has 3 N–H and O–H groups in total. The largest absolute Gasteiger partial charge is 0.354 e. The van der Waals surface area contributed by atoms with Gasteiger partial charge in [-0.3, -0.25) is 4.79 Å². The zero-order valence-corrected chi connectivity index (χ0v) is 8.94. The number of hydrogen-bond acceptors (Lipinski definition) is 2. The lowest BCUT2D eigenvalue weighted by molar-refractivity contribution is -0.123. The number of amides is 1. The third-order valence-electron chi connectivity index (χ3n) is 3.60. The molecule has 2 aliphatic carbocycles. The second-order valence-corrected chi connectivity index (χ2v) is 5.09. The van der Waals surface area contributed by atoms with Crippen molar-refractivity contribution < 1.29 is 4.79 Å². The Morgan fingerprint density at radius 3 is 2.43 bits per heavy atom. The second-order valence-electron chi connectivity index (χ2n) is 5.09. The molecule has 14 heavy (non-hydrogen) atoms. The molecule has 0 radical (unpaired) electrons. The van der Waals surface area contributed by atoms with E-state index in [1.807, 2.05) is 0 Å². The van der Waals surface area contributed by atoms with Crippen LogP contribution >= 0.6 is 0 Å². The molecule has 2 rings (SSSR count). The van der Waals surface area contributed by atoms with E-state index in [1.54, 1.807) is 0 Å². The average Bonchev–Trinajstić information content (AvgIpc) is 3.03. The molecule has 0 aromatic rings. The maximum Gasteiger partial charge on any atom is 0.240 e. The zero-order chi connectivity index (χ0) is 10.2. The van der Waals surface area contributed by atoms with E-state index in [0.717, 1.165) is 19.4 Å². The monoisotopic (exact) mass is 196 g/mol. The minimum Gasteiger partial charge on any atom is -0.354 e. The van der Waals surface area contributed by atoms with Crippen LogP contribution in [0.2, 0.25) is 0 Å². The van der Waals surface area contributed by atoms with Gasteiger partial charge in [0.25, 0.3) is 0 Å². The van der Waals surface area contributed by atoms with Crippen molar-refractivity contribution in [1.82, 2.24) is 5.32 Å². The van der Waals surface area contributed by atoms with E-state index in [9.17, 15) is 4.79 Å². The Labute approximate surface area is 85.4 Å². The highest BCUT2D eigenvalue weighted by Crippen LogP contribution is 2.49. The molecule has 2 saturated carbocycles. The Hall–Kier alpha value is -0.570. The summed E-state index contributed by atoms with van der Waals surface area (Å²) in [7, 11) is 0. The number of nitrogens with two attached hydrogens (primary N) is 1. The van der Waals surface area contributed by atoms with Gasteiger partial charge in [-0.25, -0.2) is 0 Å². The van der Waals surface area contributed by atoms with Gasteiger partial charge in [0.1, 0.15) is 0 Å². The Kier molecular flexibility index (Phi) is 2.30. The van der Waals surface area contributed by atoms with Gasteiger partial charge < -0.3 is 11.1 Å². The summed E-state index contributed by atoms with van der Waals surface area (Å²) in [5.74, 6) is 0.0693. The van der Waals surface area contributed by atoms with Gasteiger partial charge in [-0.05, 0) is 37.5 Å². The van der Waals surface area contributed by atoms with Crippen molar-refractivity contribution in [2.75, 3.05) is 6.54 Å². The smallest absolute Gasteiger partial charge is 0.240 e. The van der Waals surface area contributed by atoms with Crippen molar-refractivity contribution in [3.63, 3.8) is 0 Å². The predicted octanol–water partition coefficient (Wildman–Crippen LogP) is 1.17. The van der Waals surface area contributed by atoms with E-state index in [4.69, 9.17) is 5.73 Å². The number of carbonyl (C=O) groups is 1.